The van der Waals surface area contributed by atoms with E-state index in [0.29, 0.717) is 12.6 Å². The molecule has 0 aliphatic carbocycles. The second-order valence-electron chi connectivity index (χ2n) is 5.41. The van der Waals surface area contributed by atoms with E-state index in [1.807, 2.05) is 12.1 Å². The van der Waals surface area contributed by atoms with Crippen molar-refractivity contribution in [1.82, 2.24) is 5.32 Å². The van der Waals surface area contributed by atoms with Crippen LogP contribution in [-0.4, -0.2) is 25.9 Å². The van der Waals surface area contributed by atoms with Gasteiger partial charge in [0.1, 0.15) is 5.75 Å². The van der Waals surface area contributed by atoms with E-state index in [2.05, 4.69) is 45.1 Å². The molecule has 1 atom stereocenters. The average molecular weight is 265 g/mol. The van der Waals surface area contributed by atoms with Crippen LogP contribution in [0.15, 0.2) is 24.3 Å². The summed E-state index contributed by atoms with van der Waals surface area (Å²) in [4.78, 5) is 0. The summed E-state index contributed by atoms with van der Waals surface area (Å²) in [5.74, 6) is 0.925. The zero-order chi connectivity index (χ0) is 14.3. The van der Waals surface area contributed by atoms with Crippen molar-refractivity contribution >= 4 is 0 Å². The van der Waals surface area contributed by atoms with Crippen molar-refractivity contribution in [3.63, 3.8) is 0 Å². The van der Waals surface area contributed by atoms with Crippen molar-refractivity contribution in [1.29, 1.82) is 0 Å². The molecule has 108 valence electrons. The number of ether oxygens (including phenoxy) is 2. The van der Waals surface area contributed by atoms with Crippen molar-refractivity contribution in [2.45, 2.75) is 45.8 Å². The maximum Gasteiger partial charge on any atom is 0.119 e. The van der Waals surface area contributed by atoms with Gasteiger partial charge < -0.3 is 14.8 Å². The summed E-state index contributed by atoms with van der Waals surface area (Å²) in [7, 11) is 1.73. The molecule has 3 heteroatoms. The fourth-order valence-corrected chi connectivity index (χ4v) is 1.81. The molecule has 0 fully saturated rings. The lowest BCUT2D eigenvalue weighted by molar-refractivity contribution is 0.00545. The molecule has 0 radical (unpaired) electrons. The van der Waals surface area contributed by atoms with Crippen molar-refractivity contribution in [3.05, 3.63) is 29.8 Å². The maximum atomic E-state index is 5.80. The first-order chi connectivity index (χ1) is 8.98. The van der Waals surface area contributed by atoms with Gasteiger partial charge in [0, 0.05) is 19.6 Å². The molecule has 19 heavy (non-hydrogen) atoms. The Labute approximate surface area is 117 Å². The van der Waals surface area contributed by atoms with Gasteiger partial charge in [0.2, 0.25) is 0 Å². The van der Waals surface area contributed by atoms with Crippen LogP contribution < -0.4 is 10.1 Å². The van der Waals surface area contributed by atoms with Gasteiger partial charge in [0.25, 0.3) is 0 Å². The summed E-state index contributed by atoms with van der Waals surface area (Å²) in [5, 5.41) is 3.40. The first-order valence-electron chi connectivity index (χ1n) is 7.00. The molecule has 3 nitrogen and oxygen atoms in total. The van der Waals surface area contributed by atoms with Crippen LogP contribution >= 0.6 is 0 Å². The molecule has 0 aliphatic heterocycles. The number of methoxy groups -OCH3 is 1. The van der Waals surface area contributed by atoms with Gasteiger partial charge in [0.05, 0.1) is 12.2 Å². The van der Waals surface area contributed by atoms with Crippen LogP contribution in [0.4, 0.5) is 0 Å². The van der Waals surface area contributed by atoms with Crippen LogP contribution in [0.25, 0.3) is 0 Å². The fourth-order valence-electron chi connectivity index (χ4n) is 1.81. The Balaban J connectivity index is 2.53. The van der Waals surface area contributed by atoms with Crippen molar-refractivity contribution in [2.24, 2.45) is 0 Å². The second-order valence-corrected chi connectivity index (χ2v) is 5.41. The third kappa shape index (κ3) is 5.62. The quantitative estimate of drug-likeness (QED) is 0.779. The van der Waals surface area contributed by atoms with Gasteiger partial charge in [-0.25, -0.2) is 0 Å². The average Bonchev–Trinajstić information content (AvgIpc) is 2.39. The molecule has 0 saturated carbocycles. The highest BCUT2D eigenvalue weighted by Gasteiger charge is 2.16. The summed E-state index contributed by atoms with van der Waals surface area (Å²) in [5.41, 5.74) is 1.12. The predicted octanol–water partition coefficient (Wildman–Crippen LogP) is 3.55. The van der Waals surface area contributed by atoms with E-state index in [9.17, 15) is 0 Å². The minimum absolute atomic E-state index is 0.130. The first kappa shape index (κ1) is 16.0. The van der Waals surface area contributed by atoms with Gasteiger partial charge in [-0.05, 0) is 45.0 Å². The molecular formula is C16H27NO2. The Kier molecular flexibility index (Phi) is 6.32. The van der Waals surface area contributed by atoms with E-state index in [-0.39, 0.29) is 5.60 Å². The van der Waals surface area contributed by atoms with Gasteiger partial charge in [-0.3, -0.25) is 0 Å². The zero-order valence-electron chi connectivity index (χ0n) is 12.8. The van der Waals surface area contributed by atoms with Crippen LogP contribution in [-0.2, 0) is 4.74 Å². The lowest BCUT2D eigenvalue weighted by Gasteiger charge is -2.22. The molecule has 0 aliphatic rings. The van der Waals surface area contributed by atoms with Gasteiger partial charge in [-0.2, -0.15) is 0 Å². The Morgan fingerprint density at radius 3 is 2.68 bits per heavy atom. The second kappa shape index (κ2) is 7.51. The van der Waals surface area contributed by atoms with E-state index < -0.39 is 0 Å². The zero-order valence-corrected chi connectivity index (χ0v) is 12.8. The van der Waals surface area contributed by atoms with Crippen molar-refractivity contribution in [2.75, 3.05) is 20.3 Å². The smallest absolute Gasteiger partial charge is 0.119 e. The topological polar surface area (TPSA) is 30.5 Å². The minimum atomic E-state index is -0.130. The fraction of sp³-hybridized carbons (Fsp3) is 0.625. The number of nitrogens with one attached hydrogen (secondary N) is 1. The number of hydrogen-bond donors (Lipinski definition) is 1. The molecule has 1 aromatic carbocycles. The Hall–Kier alpha value is -1.06. The SMILES string of the molecule is CCNC(C)c1cccc(OCCC(C)(C)OC)c1. The normalized spacial score (nSPS) is 13.3. The molecule has 0 spiro atoms. The van der Waals surface area contributed by atoms with Gasteiger partial charge >= 0.3 is 0 Å². The van der Waals surface area contributed by atoms with Crippen LogP contribution in [0.3, 0.4) is 0 Å². The van der Waals surface area contributed by atoms with Crippen molar-refractivity contribution < 1.29 is 9.47 Å². The molecule has 1 aromatic rings. The molecule has 0 heterocycles. The summed E-state index contributed by atoms with van der Waals surface area (Å²) >= 11 is 0. The molecule has 1 N–H and O–H groups in total. The Morgan fingerprint density at radius 1 is 1.32 bits per heavy atom. The highest BCUT2D eigenvalue weighted by molar-refractivity contribution is 5.30. The first-order valence-corrected chi connectivity index (χ1v) is 7.00. The molecule has 1 unspecified atom stereocenters. The van der Waals surface area contributed by atoms with Crippen LogP contribution in [0, 0.1) is 0 Å². The van der Waals surface area contributed by atoms with Crippen LogP contribution in [0.1, 0.15) is 45.7 Å². The maximum absolute atomic E-state index is 5.80. The van der Waals surface area contributed by atoms with E-state index in [1.165, 1.54) is 5.56 Å². The molecule has 0 bridgehead atoms. The summed E-state index contributed by atoms with van der Waals surface area (Å²) in [6, 6.07) is 8.62. The van der Waals surface area contributed by atoms with E-state index >= 15 is 0 Å². The highest BCUT2D eigenvalue weighted by atomic mass is 16.5. The molecule has 1 rings (SSSR count). The Bertz CT molecular complexity index is 377. The Morgan fingerprint density at radius 2 is 2.05 bits per heavy atom. The molecule has 0 saturated heterocycles. The summed E-state index contributed by atoms with van der Waals surface area (Å²) in [6.07, 6.45) is 0.872. The third-order valence-corrected chi connectivity index (χ3v) is 3.39. The van der Waals surface area contributed by atoms with Crippen molar-refractivity contribution in [3.8, 4) is 5.75 Å². The lowest BCUT2D eigenvalue weighted by atomic mass is 10.1. The van der Waals surface area contributed by atoms with Crippen LogP contribution in [0.5, 0.6) is 5.75 Å². The minimum Gasteiger partial charge on any atom is -0.493 e. The van der Waals surface area contributed by atoms with Gasteiger partial charge in [-0.15, -0.1) is 0 Å². The lowest BCUT2D eigenvalue weighted by Crippen LogP contribution is -2.25. The molecule has 0 aromatic heterocycles. The van der Waals surface area contributed by atoms with Gasteiger partial charge in [0.15, 0.2) is 0 Å². The molecule has 0 amide bonds. The largest absolute Gasteiger partial charge is 0.493 e. The predicted molar refractivity (Wildman–Crippen MR) is 79.7 cm³/mol. The standard InChI is InChI=1S/C16H27NO2/c1-6-17-13(2)14-8-7-9-15(12-14)19-11-10-16(3,4)18-5/h7-9,12-13,17H,6,10-11H2,1-5H3. The molecular weight excluding hydrogens is 238 g/mol. The van der Waals surface area contributed by atoms with Crippen LogP contribution in [0.2, 0.25) is 0 Å². The van der Waals surface area contributed by atoms with E-state index in [1.54, 1.807) is 7.11 Å². The highest BCUT2D eigenvalue weighted by Crippen LogP contribution is 2.20. The monoisotopic (exact) mass is 265 g/mol. The number of benzene rings is 1. The third-order valence-electron chi connectivity index (χ3n) is 3.39. The summed E-state index contributed by atoms with van der Waals surface area (Å²) < 4.78 is 11.2. The summed E-state index contributed by atoms with van der Waals surface area (Å²) in [6.45, 7) is 10.1. The van der Waals surface area contributed by atoms with E-state index in [0.717, 1.165) is 18.7 Å². The number of hydrogen-bond acceptors (Lipinski definition) is 3. The van der Waals surface area contributed by atoms with E-state index in [4.69, 9.17) is 9.47 Å². The number of rotatable bonds is 8. The van der Waals surface area contributed by atoms with Gasteiger partial charge in [-0.1, -0.05) is 19.1 Å².